The highest BCUT2D eigenvalue weighted by Crippen LogP contribution is 2.21. The van der Waals surface area contributed by atoms with E-state index < -0.39 is 4.92 Å². The molecule has 0 saturated carbocycles. The molecule has 0 atom stereocenters. The number of hydrogen-bond donors (Lipinski definition) is 0. The molecule has 1 aliphatic rings. The molecular formula is C20H23FN4O3. The highest BCUT2D eigenvalue weighted by atomic mass is 19.1. The first-order valence-electron chi connectivity index (χ1n) is 9.25. The van der Waals surface area contributed by atoms with Gasteiger partial charge in [0.15, 0.2) is 0 Å². The van der Waals surface area contributed by atoms with E-state index in [2.05, 4.69) is 9.80 Å². The van der Waals surface area contributed by atoms with Gasteiger partial charge in [0, 0.05) is 56.2 Å². The van der Waals surface area contributed by atoms with E-state index in [1.54, 1.807) is 29.2 Å². The molecule has 28 heavy (non-hydrogen) atoms. The number of carbonyl (C=O) groups excluding carboxylic acids is 1. The van der Waals surface area contributed by atoms with Gasteiger partial charge in [-0.05, 0) is 43.3 Å². The lowest BCUT2D eigenvalue weighted by Gasteiger charge is -2.36. The number of amides is 1. The molecule has 0 spiro atoms. The number of nitro groups is 1. The molecule has 2 aromatic rings. The van der Waals surface area contributed by atoms with Crippen molar-refractivity contribution < 1.29 is 14.1 Å². The van der Waals surface area contributed by atoms with Crippen LogP contribution < -0.4 is 9.80 Å². The largest absolute Gasteiger partial charge is 0.369 e. The maximum atomic E-state index is 13.1. The van der Waals surface area contributed by atoms with Crippen LogP contribution in [0.3, 0.4) is 0 Å². The quantitative estimate of drug-likeness (QED) is 0.564. The first kappa shape index (κ1) is 19.8. The molecule has 0 unspecified atom stereocenters. The van der Waals surface area contributed by atoms with E-state index in [1.165, 1.54) is 24.3 Å². The summed E-state index contributed by atoms with van der Waals surface area (Å²) in [5.74, 6) is -0.340. The van der Waals surface area contributed by atoms with E-state index >= 15 is 0 Å². The Balaban J connectivity index is 1.55. The summed E-state index contributed by atoms with van der Waals surface area (Å²) in [6.45, 7) is 5.66. The van der Waals surface area contributed by atoms with Gasteiger partial charge in [-0.2, -0.15) is 0 Å². The monoisotopic (exact) mass is 386 g/mol. The Morgan fingerprint density at radius 2 is 1.68 bits per heavy atom. The van der Waals surface area contributed by atoms with Crippen LogP contribution in [0, 0.1) is 15.9 Å². The predicted octanol–water partition coefficient (Wildman–Crippen LogP) is 2.91. The molecule has 1 saturated heterocycles. The molecule has 0 bridgehead atoms. The van der Waals surface area contributed by atoms with Crippen LogP contribution in [0.15, 0.2) is 48.5 Å². The van der Waals surface area contributed by atoms with Crippen molar-refractivity contribution in [1.29, 1.82) is 0 Å². The molecular weight excluding hydrogens is 363 g/mol. The molecule has 8 heteroatoms. The van der Waals surface area contributed by atoms with Crippen molar-refractivity contribution in [3.63, 3.8) is 0 Å². The van der Waals surface area contributed by atoms with Gasteiger partial charge in [0.2, 0.25) is 5.91 Å². The topological polar surface area (TPSA) is 69.9 Å². The molecule has 3 rings (SSSR count). The summed E-state index contributed by atoms with van der Waals surface area (Å²) in [6, 6.07) is 12.5. The van der Waals surface area contributed by atoms with Crippen LogP contribution in [0.2, 0.25) is 0 Å². The van der Waals surface area contributed by atoms with Crippen molar-refractivity contribution in [2.24, 2.45) is 0 Å². The van der Waals surface area contributed by atoms with E-state index in [0.29, 0.717) is 18.8 Å². The molecule has 1 amide bonds. The van der Waals surface area contributed by atoms with Crippen molar-refractivity contribution in [2.75, 3.05) is 49.1 Å². The van der Waals surface area contributed by atoms with E-state index in [4.69, 9.17) is 0 Å². The fourth-order valence-corrected chi connectivity index (χ4v) is 3.35. The lowest BCUT2D eigenvalue weighted by molar-refractivity contribution is -0.384. The predicted molar refractivity (Wildman–Crippen MR) is 106 cm³/mol. The number of non-ortho nitro benzene ring substituents is 1. The van der Waals surface area contributed by atoms with Crippen LogP contribution in [0.5, 0.6) is 0 Å². The Morgan fingerprint density at radius 1 is 1.07 bits per heavy atom. The van der Waals surface area contributed by atoms with Crippen molar-refractivity contribution in [2.45, 2.75) is 6.92 Å². The molecule has 7 nitrogen and oxygen atoms in total. The van der Waals surface area contributed by atoms with E-state index in [1.807, 2.05) is 6.92 Å². The minimum atomic E-state index is -0.409. The molecule has 0 aromatic heterocycles. The second-order valence-corrected chi connectivity index (χ2v) is 6.65. The Hall–Kier alpha value is -3.00. The second kappa shape index (κ2) is 8.79. The van der Waals surface area contributed by atoms with Gasteiger partial charge in [-0.1, -0.05) is 0 Å². The van der Waals surface area contributed by atoms with Crippen LogP contribution in [-0.2, 0) is 4.79 Å². The van der Waals surface area contributed by atoms with Crippen LogP contribution >= 0.6 is 0 Å². The number of halogens is 1. The minimum Gasteiger partial charge on any atom is -0.369 e. The maximum absolute atomic E-state index is 13.1. The van der Waals surface area contributed by atoms with Gasteiger partial charge in [-0.25, -0.2) is 4.39 Å². The standard InChI is InChI=1S/C20H23FN4O3/c1-2-24(18-5-3-16(21)4-6-18)20(26)15-22-11-13-23(14-12-22)17-7-9-19(10-8-17)25(27)28/h3-10H,2,11-15H2,1H3. The average Bonchev–Trinajstić information content (AvgIpc) is 2.70. The summed E-state index contributed by atoms with van der Waals surface area (Å²) in [4.78, 5) is 29.0. The number of piperazine rings is 1. The summed E-state index contributed by atoms with van der Waals surface area (Å²) in [7, 11) is 0. The minimum absolute atomic E-state index is 0.0158. The Kier molecular flexibility index (Phi) is 6.20. The number of benzene rings is 2. The Bertz CT molecular complexity index is 818. The third kappa shape index (κ3) is 4.64. The lowest BCUT2D eigenvalue weighted by Crippen LogP contribution is -2.50. The highest BCUT2D eigenvalue weighted by Gasteiger charge is 2.22. The van der Waals surface area contributed by atoms with E-state index in [9.17, 15) is 19.3 Å². The van der Waals surface area contributed by atoms with Crippen molar-refractivity contribution in [3.8, 4) is 0 Å². The summed E-state index contributed by atoms with van der Waals surface area (Å²) in [6.07, 6.45) is 0. The lowest BCUT2D eigenvalue weighted by atomic mass is 10.2. The van der Waals surface area contributed by atoms with Crippen LogP contribution in [0.4, 0.5) is 21.5 Å². The molecule has 0 N–H and O–H groups in total. The van der Waals surface area contributed by atoms with Gasteiger partial charge in [0.1, 0.15) is 5.82 Å². The maximum Gasteiger partial charge on any atom is 0.269 e. The van der Waals surface area contributed by atoms with E-state index in [0.717, 1.165) is 31.9 Å². The van der Waals surface area contributed by atoms with Gasteiger partial charge in [-0.3, -0.25) is 19.8 Å². The van der Waals surface area contributed by atoms with E-state index in [-0.39, 0.29) is 17.4 Å². The second-order valence-electron chi connectivity index (χ2n) is 6.65. The zero-order chi connectivity index (χ0) is 20.1. The third-order valence-electron chi connectivity index (χ3n) is 4.91. The van der Waals surface area contributed by atoms with Crippen LogP contribution in [-0.4, -0.2) is 55.0 Å². The first-order chi connectivity index (χ1) is 13.5. The van der Waals surface area contributed by atoms with Gasteiger partial charge >= 0.3 is 0 Å². The van der Waals surface area contributed by atoms with Crippen LogP contribution in [0.25, 0.3) is 0 Å². The summed E-state index contributed by atoms with van der Waals surface area (Å²) < 4.78 is 13.1. The zero-order valence-electron chi connectivity index (χ0n) is 15.8. The summed E-state index contributed by atoms with van der Waals surface area (Å²) in [5.41, 5.74) is 1.71. The number of anilines is 2. The number of likely N-dealkylation sites (N-methyl/N-ethyl adjacent to an activating group) is 1. The number of nitro benzene ring substituents is 1. The highest BCUT2D eigenvalue weighted by molar-refractivity contribution is 5.94. The van der Waals surface area contributed by atoms with Crippen molar-refractivity contribution in [1.82, 2.24) is 4.90 Å². The fourth-order valence-electron chi connectivity index (χ4n) is 3.35. The number of carbonyl (C=O) groups is 1. The Labute approximate surface area is 163 Å². The molecule has 0 aliphatic carbocycles. The van der Waals surface area contributed by atoms with Gasteiger partial charge in [0.05, 0.1) is 11.5 Å². The van der Waals surface area contributed by atoms with Gasteiger partial charge in [0.25, 0.3) is 5.69 Å². The van der Waals surface area contributed by atoms with Gasteiger partial charge in [-0.15, -0.1) is 0 Å². The summed E-state index contributed by atoms with van der Waals surface area (Å²) in [5, 5.41) is 10.8. The normalized spacial score (nSPS) is 14.7. The molecule has 0 radical (unpaired) electrons. The summed E-state index contributed by atoms with van der Waals surface area (Å²) >= 11 is 0. The SMILES string of the molecule is CCN(C(=O)CN1CCN(c2ccc([N+](=O)[O-])cc2)CC1)c1ccc(F)cc1. The molecule has 2 aromatic carbocycles. The third-order valence-corrected chi connectivity index (χ3v) is 4.91. The van der Waals surface area contributed by atoms with Gasteiger partial charge < -0.3 is 9.80 Å². The Morgan fingerprint density at radius 3 is 2.21 bits per heavy atom. The molecule has 1 heterocycles. The molecule has 148 valence electrons. The first-order valence-corrected chi connectivity index (χ1v) is 9.25. The number of hydrogen-bond acceptors (Lipinski definition) is 5. The average molecular weight is 386 g/mol. The molecule has 1 aliphatic heterocycles. The zero-order valence-corrected chi connectivity index (χ0v) is 15.8. The van der Waals surface area contributed by atoms with Crippen molar-refractivity contribution >= 4 is 23.0 Å². The molecule has 1 fully saturated rings. The smallest absolute Gasteiger partial charge is 0.269 e. The number of nitrogens with zero attached hydrogens (tertiary/aromatic N) is 4. The van der Waals surface area contributed by atoms with Crippen molar-refractivity contribution in [3.05, 3.63) is 64.5 Å². The fraction of sp³-hybridized carbons (Fsp3) is 0.350. The van der Waals surface area contributed by atoms with Crippen LogP contribution in [0.1, 0.15) is 6.92 Å². The number of rotatable bonds is 6.